The predicted molar refractivity (Wildman–Crippen MR) is 121 cm³/mol. The highest BCUT2D eigenvalue weighted by molar-refractivity contribution is 5.86. The first-order chi connectivity index (χ1) is 13.1. The molecule has 3 unspecified atom stereocenters. The van der Waals surface area contributed by atoms with Gasteiger partial charge in [-0.25, -0.2) is 0 Å². The van der Waals surface area contributed by atoms with Crippen LogP contribution in [-0.2, 0) is 9.59 Å². The fourth-order valence-electron chi connectivity index (χ4n) is 4.18. The molecule has 0 radical (unpaired) electrons. The summed E-state index contributed by atoms with van der Waals surface area (Å²) in [5.41, 5.74) is 1.02. The first-order valence-corrected chi connectivity index (χ1v) is 10.1. The fraction of sp³-hybridized carbons (Fsp3) is 0.619. The minimum Gasteiger partial charge on any atom is -0.354 e. The van der Waals surface area contributed by atoms with Gasteiger partial charge in [-0.15, -0.1) is 24.8 Å². The summed E-state index contributed by atoms with van der Waals surface area (Å²) >= 11 is 0. The minimum absolute atomic E-state index is 0. The van der Waals surface area contributed by atoms with Gasteiger partial charge in [0.25, 0.3) is 0 Å². The number of amides is 2. The molecule has 2 saturated heterocycles. The first kappa shape index (κ1) is 25.7. The number of hydrogen-bond acceptors (Lipinski definition) is 4. The Morgan fingerprint density at radius 2 is 1.90 bits per heavy atom. The number of carbonyl (C=O) groups excluding carboxylic acids is 2. The van der Waals surface area contributed by atoms with Gasteiger partial charge in [-0.2, -0.15) is 0 Å². The smallest absolute Gasteiger partial charge is 0.244 e. The topological polar surface area (TPSA) is 64.7 Å². The standard InChI is InChI=1S/C21H32N4O2.2ClH/c1-24(2)19(17-9-4-3-5-10-17)21(27)25-13-7-8-16(15-25)14-23-20(26)18-11-6-12-22-18;;/h3-5,9-10,16,18-19,22H,6-8,11-15H2,1-2H3,(H,23,26);2*1H. The molecule has 2 heterocycles. The number of benzene rings is 1. The van der Waals surface area contributed by atoms with E-state index < -0.39 is 0 Å². The number of piperidine rings is 1. The zero-order valence-corrected chi connectivity index (χ0v) is 18.9. The summed E-state index contributed by atoms with van der Waals surface area (Å²) in [6.45, 7) is 3.09. The molecule has 2 fully saturated rings. The van der Waals surface area contributed by atoms with E-state index in [0.29, 0.717) is 19.0 Å². The van der Waals surface area contributed by atoms with Crippen molar-refractivity contribution in [3.63, 3.8) is 0 Å². The van der Waals surface area contributed by atoms with Gasteiger partial charge in [0.1, 0.15) is 6.04 Å². The monoisotopic (exact) mass is 444 g/mol. The van der Waals surface area contributed by atoms with Crippen molar-refractivity contribution in [1.82, 2.24) is 20.4 Å². The maximum Gasteiger partial charge on any atom is 0.244 e. The van der Waals surface area contributed by atoms with E-state index in [1.807, 2.05) is 54.2 Å². The van der Waals surface area contributed by atoms with E-state index in [1.165, 1.54) is 0 Å². The van der Waals surface area contributed by atoms with E-state index in [9.17, 15) is 9.59 Å². The van der Waals surface area contributed by atoms with Crippen LogP contribution in [0.25, 0.3) is 0 Å². The van der Waals surface area contributed by atoms with Crippen molar-refractivity contribution in [3.8, 4) is 0 Å². The van der Waals surface area contributed by atoms with Gasteiger partial charge in [0, 0.05) is 19.6 Å². The van der Waals surface area contributed by atoms with Gasteiger partial charge in [0.2, 0.25) is 11.8 Å². The molecular weight excluding hydrogens is 411 g/mol. The van der Waals surface area contributed by atoms with Crippen LogP contribution in [-0.4, -0.2) is 67.9 Å². The second-order valence-electron chi connectivity index (χ2n) is 7.96. The highest BCUT2D eigenvalue weighted by atomic mass is 35.5. The Morgan fingerprint density at radius 3 is 2.52 bits per heavy atom. The molecule has 0 aromatic heterocycles. The Bertz CT molecular complexity index is 639. The molecule has 0 saturated carbocycles. The van der Waals surface area contributed by atoms with Crippen LogP contribution < -0.4 is 10.6 Å². The zero-order chi connectivity index (χ0) is 19.2. The van der Waals surface area contributed by atoms with Crippen LogP contribution in [0.3, 0.4) is 0 Å². The summed E-state index contributed by atoms with van der Waals surface area (Å²) < 4.78 is 0. The number of nitrogens with zero attached hydrogens (tertiary/aromatic N) is 2. The second-order valence-corrected chi connectivity index (χ2v) is 7.96. The summed E-state index contributed by atoms with van der Waals surface area (Å²) in [6, 6.07) is 9.65. The number of likely N-dealkylation sites (N-methyl/N-ethyl adjacent to an activating group) is 1. The van der Waals surface area contributed by atoms with E-state index in [-0.39, 0.29) is 48.7 Å². The molecule has 3 atom stereocenters. The third-order valence-electron chi connectivity index (χ3n) is 5.64. The molecule has 6 nitrogen and oxygen atoms in total. The quantitative estimate of drug-likeness (QED) is 0.705. The number of halogens is 2. The van der Waals surface area contributed by atoms with Gasteiger partial charge in [0.15, 0.2) is 0 Å². The van der Waals surface area contributed by atoms with Crippen molar-refractivity contribution >= 4 is 36.6 Å². The lowest BCUT2D eigenvalue weighted by atomic mass is 9.96. The molecule has 3 rings (SSSR count). The number of carbonyl (C=O) groups is 2. The third kappa shape index (κ3) is 6.85. The van der Waals surface area contributed by atoms with E-state index in [2.05, 4.69) is 10.6 Å². The van der Waals surface area contributed by atoms with Gasteiger partial charge < -0.3 is 15.5 Å². The van der Waals surface area contributed by atoms with Crippen LogP contribution in [0.1, 0.15) is 37.3 Å². The summed E-state index contributed by atoms with van der Waals surface area (Å²) in [5.74, 6) is 0.581. The lowest BCUT2D eigenvalue weighted by Crippen LogP contribution is -2.49. The number of rotatable bonds is 6. The van der Waals surface area contributed by atoms with Crippen LogP contribution in [0.5, 0.6) is 0 Å². The van der Waals surface area contributed by atoms with Crippen molar-refractivity contribution in [2.75, 3.05) is 40.3 Å². The van der Waals surface area contributed by atoms with Crippen LogP contribution >= 0.6 is 24.8 Å². The Balaban J connectivity index is 0.00000210. The first-order valence-electron chi connectivity index (χ1n) is 10.1. The van der Waals surface area contributed by atoms with Gasteiger partial charge in [-0.1, -0.05) is 30.3 Å². The Hall–Kier alpha value is -1.34. The molecule has 164 valence electrons. The average molecular weight is 445 g/mol. The summed E-state index contributed by atoms with van der Waals surface area (Å²) in [6.07, 6.45) is 4.03. The van der Waals surface area contributed by atoms with Crippen LogP contribution in [0.4, 0.5) is 0 Å². The van der Waals surface area contributed by atoms with Gasteiger partial charge in [-0.05, 0) is 57.8 Å². The van der Waals surface area contributed by atoms with Crippen molar-refractivity contribution in [2.24, 2.45) is 5.92 Å². The molecule has 0 bridgehead atoms. The number of nitrogens with one attached hydrogen (secondary N) is 2. The molecule has 8 heteroatoms. The molecule has 29 heavy (non-hydrogen) atoms. The molecule has 0 spiro atoms. The summed E-state index contributed by atoms with van der Waals surface area (Å²) in [5, 5.41) is 6.32. The van der Waals surface area contributed by atoms with Crippen molar-refractivity contribution in [2.45, 2.75) is 37.8 Å². The molecule has 1 aromatic rings. The van der Waals surface area contributed by atoms with Crippen molar-refractivity contribution < 1.29 is 9.59 Å². The third-order valence-corrected chi connectivity index (χ3v) is 5.64. The largest absolute Gasteiger partial charge is 0.354 e. The molecule has 2 amide bonds. The Kier molecular flexibility index (Phi) is 11.0. The van der Waals surface area contributed by atoms with Crippen molar-refractivity contribution in [1.29, 1.82) is 0 Å². The molecule has 1 aromatic carbocycles. The SMILES string of the molecule is CN(C)C(C(=O)N1CCCC(CNC(=O)C2CCCN2)C1)c1ccccc1.Cl.Cl. The molecule has 2 N–H and O–H groups in total. The second kappa shape index (κ2) is 12.4. The van der Waals surface area contributed by atoms with Crippen LogP contribution in [0.15, 0.2) is 30.3 Å². The summed E-state index contributed by atoms with van der Waals surface area (Å²) in [4.78, 5) is 29.4. The highest BCUT2D eigenvalue weighted by Gasteiger charge is 2.31. The van der Waals surface area contributed by atoms with Gasteiger partial charge in [-0.3, -0.25) is 14.5 Å². The highest BCUT2D eigenvalue weighted by Crippen LogP contribution is 2.24. The predicted octanol–water partition coefficient (Wildman–Crippen LogP) is 2.24. The number of hydrogen-bond donors (Lipinski definition) is 2. The molecule has 0 aliphatic carbocycles. The van der Waals surface area contributed by atoms with Crippen LogP contribution in [0.2, 0.25) is 0 Å². The fourth-order valence-corrected chi connectivity index (χ4v) is 4.18. The van der Waals surface area contributed by atoms with Crippen molar-refractivity contribution in [3.05, 3.63) is 35.9 Å². The normalized spacial score (nSPS) is 22.4. The minimum atomic E-state index is -0.262. The lowest BCUT2D eigenvalue weighted by Gasteiger charge is -2.37. The average Bonchev–Trinajstić information content (AvgIpc) is 3.22. The molecule has 2 aliphatic heterocycles. The van der Waals surface area contributed by atoms with E-state index in [1.54, 1.807) is 0 Å². The Morgan fingerprint density at radius 1 is 1.17 bits per heavy atom. The van der Waals surface area contributed by atoms with Gasteiger partial charge in [0.05, 0.1) is 6.04 Å². The molecular formula is C21H34Cl2N4O2. The van der Waals surface area contributed by atoms with E-state index in [0.717, 1.165) is 44.3 Å². The number of likely N-dealkylation sites (tertiary alicyclic amines) is 1. The zero-order valence-electron chi connectivity index (χ0n) is 17.3. The lowest BCUT2D eigenvalue weighted by molar-refractivity contribution is -0.138. The Labute approximate surface area is 186 Å². The molecule has 2 aliphatic rings. The van der Waals surface area contributed by atoms with E-state index >= 15 is 0 Å². The van der Waals surface area contributed by atoms with Crippen LogP contribution in [0, 0.1) is 5.92 Å². The summed E-state index contributed by atoms with van der Waals surface area (Å²) in [7, 11) is 3.90. The maximum atomic E-state index is 13.2. The maximum absolute atomic E-state index is 13.2. The van der Waals surface area contributed by atoms with E-state index in [4.69, 9.17) is 0 Å². The van der Waals surface area contributed by atoms with Gasteiger partial charge >= 0.3 is 0 Å².